The number of carbonyl (C=O) groups excluding carboxylic acids is 1. The molecule has 1 heterocycles. The van der Waals surface area contributed by atoms with Crippen molar-refractivity contribution >= 4 is 5.91 Å². The molecule has 2 rings (SSSR count). The summed E-state index contributed by atoms with van der Waals surface area (Å²) in [5, 5.41) is 11.5. The van der Waals surface area contributed by atoms with Gasteiger partial charge in [0, 0.05) is 38.2 Å². The van der Waals surface area contributed by atoms with E-state index in [1.165, 1.54) is 0 Å². The van der Waals surface area contributed by atoms with Gasteiger partial charge >= 0.3 is 0 Å². The Balaban J connectivity index is 1.81. The van der Waals surface area contributed by atoms with Gasteiger partial charge in [-0.3, -0.25) is 4.79 Å². The average molecular weight is 293 g/mol. The summed E-state index contributed by atoms with van der Waals surface area (Å²) in [6.07, 6.45) is 2.40. The Bertz CT molecular complexity index is 540. The zero-order valence-corrected chi connectivity index (χ0v) is 11.7. The summed E-state index contributed by atoms with van der Waals surface area (Å²) in [4.78, 5) is 13.6. The van der Waals surface area contributed by atoms with Crippen molar-refractivity contribution in [1.82, 2.24) is 10.2 Å². The minimum absolute atomic E-state index is 0.00332. The zero-order chi connectivity index (χ0) is 15.2. The molecule has 1 N–H and O–H groups in total. The summed E-state index contributed by atoms with van der Waals surface area (Å²) in [5.74, 6) is -1.42. The van der Waals surface area contributed by atoms with Gasteiger partial charge in [-0.15, -0.1) is 0 Å². The van der Waals surface area contributed by atoms with E-state index in [9.17, 15) is 13.6 Å². The van der Waals surface area contributed by atoms with Crippen LogP contribution >= 0.6 is 0 Å². The topological polar surface area (TPSA) is 56.1 Å². The molecule has 1 aliphatic heterocycles. The highest BCUT2D eigenvalue weighted by Gasteiger charge is 2.17. The minimum atomic E-state index is -0.745. The molecule has 1 aliphatic rings. The van der Waals surface area contributed by atoms with Crippen LogP contribution in [0, 0.1) is 23.0 Å². The number of rotatable bonds is 5. The van der Waals surface area contributed by atoms with E-state index in [4.69, 9.17) is 5.26 Å². The first-order chi connectivity index (χ1) is 10.1. The van der Waals surface area contributed by atoms with E-state index < -0.39 is 11.6 Å². The molecule has 6 heteroatoms. The van der Waals surface area contributed by atoms with Gasteiger partial charge in [0.1, 0.15) is 11.6 Å². The van der Waals surface area contributed by atoms with Gasteiger partial charge in [0.15, 0.2) is 0 Å². The van der Waals surface area contributed by atoms with Crippen LogP contribution in [0.5, 0.6) is 0 Å². The summed E-state index contributed by atoms with van der Waals surface area (Å²) in [6, 6.07) is 3.72. The molecule has 21 heavy (non-hydrogen) atoms. The van der Waals surface area contributed by atoms with Gasteiger partial charge in [-0.2, -0.15) is 5.26 Å². The lowest BCUT2D eigenvalue weighted by Gasteiger charge is -2.15. The SMILES string of the molecule is N#Cc1cc(F)c(CNCCC(=O)N2CCCC2)c(F)c1. The molecule has 112 valence electrons. The molecule has 1 amide bonds. The number of likely N-dealkylation sites (tertiary alicyclic amines) is 1. The number of hydrogen-bond acceptors (Lipinski definition) is 3. The first-order valence-electron chi connectivity index (χ1n) is 6.98. The number of halogens is 2. The van der Waals surface area contributed by atoms with Crippen molar-refractivity contribution < 1.29 is 13.6 Å². The Morgan fingerprint density at radius 1 is 1.29 bits per heavy atom. The fourth-order valence-electron chi connectivity index (χ4n) is 2.37. The third-order valence-corrected chi connectivity index (χ3v) is 3.55. The zero-order valence-electron chi connectivity index (χ0n) is 11.7. The van der Waals surface area contributed by atoms with Crippen LogP contribution in [-0.2, 0) is 11.3 Å². The quantitative estimate of drug-likeness (QED) is 0.844. The molecule has 0 radical (unpaired) electrons. The van der Waals surface area contributed by atoms with Gasteiger partial charge in [-0.05, 0) is 25.0 Å². The molecular weight excluding hydrogens is 276 g/mol. The smallest absolute Gasteiger partial charge is 0.223 e. The molecular formula is C15H17F2N3O. The van der Waals surface area contributed by atoms with Crippen LogP contribution in [0.3, 0.4) is 0 Å². The van der Waals surface area contributed by atoms with E-state index in [1.807, 2.05) is 4.90 Å². The summed E-state index contributed by atoms with van der Waals surface area (Å²) < 4.78 is 27.2. The lowest BCUT2D eigenvalue weighted by molar-refractivity contribution is -0.130. The Labute approximate surface area is 122 Å². The second kappa shape index (κ2) is 7.14. The second-order valence-electron chi connectivity index (χ2n) is 5.04. The predicted molar refractivity (Wildman–Crippen MR) is 73.2 cm³/mol. The summed E-state index contributed by atoms with van der Waals surface area (Å²) in [7, 11) is 0. The van der Waals surface area contributed by atoms with Gasteiger partial charge in [0.2, 0.25) is 5.91 Å². The Morgan fingerprint density at radius 3 is 2.48 bits per heavy atom. The highest BCUT2D eigenvalue weighted by molar-refractivity contribution is 5.76. The highest BCUT2D eigenvalue weighted by atomic mass is 19.1. The van der Waals surface area contributed by atoms with Gasteiger partial charge in [-0.1, -0.05) is 0 Å². The maximum atomic E-state index is 13.6. The van der Waals surface area contributed by atoms with Gasteiger partial charge in [-0.25, -0.2) is 8.78 Å². The third-order valence-electron chi connectivity index (χ3n) is 3.55. The molecule has 0 spiro atoms. The maximum absolute atomic E-state index is 13.6. The van der Waals surface area contributed by atoms with Crippen LogP contribution in [0.2, 0.25) is 0 Å². The largest absolute Gasteiger partial charge is 0.343 e. The van der Waals surface area contributed by atoms with Crippen molar-refractivity contribution in [2.75, 3.05) is 19.6 Å². The average Bonchev–Trinajstić information content (AvgIpc) is 2.99. The normalized spacial score (nSPS) is 14.2. The number of nitrogens with zero attached hydrogens (tertiary/aromatic N) is 2. The van der Waals surface area contributed by atoms with E-state index in [0.29, 0.717) is 13.0 Å². The number of benzene rings is 1. The summed E-state index contributed by atoms with van der Waals surface area (Å²) in [6.45, 7) is 1.97. The number of carbonyl (C=O) groups is 1. The number of hydrogen-bond donors (Lipinski definition) is 1. The summed E-state index contributed by atoms with van der Waals surface area (Å²) >= 11 is 0. The van der Waals surface area contributed by atoms with E-state index >= 15 is 0 Å². The van der Waals surface area contributed by atoms with Crippen LogP contribution < -0.4 is 5.32 Å². The highest BCUT2D eigenvalue weighted by Crippen LogP contribution is 2.15. The monoisotopic (exact) mass is 293 g/mol. The van der Waals surface area contributed by atoms with Crippen molar-refractivity contribution in [3.63, 3.8) is 0 Å². The van der Waals surface area contributed by atoms with Crippen molar-refractivity contribution in [1.29, 1.82) is 5.26 Å². The van der Waals surface area contributed by atoms with E-state index in [-0.39, 0.29) is 23.6 Å². The first-order valence-corrected chi connectivity index (χ1v) is 6.98. The molecule has 0 aliphatic carbocycles. The molecule has 0 bridgehead atoms. The molecule has 1 fully saturated rings. The molecule has 0 atom stereocenters. The molecule has 1 saturated heterocycles. The van der Waals surface area contributed by atoms with Gasteiger partial charge in [0.05, 0.1) is 11.6 Å². The lowest BCUT2D eigenvalue weighted by Crippen LogP contribution is -2.30. The van der Waals surface area contributed by atoms with Crippen molar-refractivity contribution in [2.24, 2.45) is 0 Å². The maximum Gasteiger partial charge on any atom is 0.223 e. The lowest BCUT2D eigenvalue weighted by atomic mass is 10.1. The fraction of sp³-hybridized carbons (Fsp3) is 0.467. The third kappa shape index (κ3) is 3.99. The molecule has 4 nitrogen and oxygen atoms in total. The van der Waals surface area contributed by atoms with Crippen molar-refractivity contribution in [3.05, 3.63) is 34.9 Å². The summed E-state index contributed by atoms with van der Waals surface area (Å²) in [5.41, 5.74) is -0.152. The first kappa shape index (κ1) is 15.4. The van der Waals surface area contributed by atoms with Crippen LogP contribution in [0.4, 0.5) is 8.78 Å². The Kier molecular flexibility index (Phi) is 5.23. The van der Waals surface area contributed by atoms with Crippen LogP contribution in [-0.4, -0.2) is 30.4 Å². The Hall–Kier alpha value is -2.00. The second-order valence-corrected chi connectivity index (χ2v) is 5.04. The molecule has 1 aromatic carbocycles. The number of nitrogens with one attached hydrogen (secondary N) is 1. The van der Waals surface area contributed by atoms with Gasteiger partial charge in [0.25, 0.3) is 0 Å². The van der Waals surface area contributed by atoms with Crippen molar-refractivity contribution in [3.8, 4) is 6.07 Å². The standard InChI is InChI=1S/C15H17F2N3O/c16-13-7-11(9-18)8-14(17)12(13)10-19-4-3-15(21)20-5-1-2-6-20/h7-8,19H,1-6,10H2. The van der Waals surface area contributed by atoms with Crippen LogP contribution in [0.15, 0.2) is 12.1 Å². The van der Waals surface area contributed by atoms with Gasteiger partial charge < -0.3 is 10.2 Å². The predicted octanol–water partition coefficient (Wildman–Crippen LogP) is 1.94. The van der Waals surface area contributed by atoms with Crippen molar-refractivity contribution in [2.45, 2.75) is 25.8 Å². The van der Waals surface area contributed by atoms with Crippen LogP contribution in [0.25, 0.3) is 0 Å². The van der Waals surface area contributed by atoms with E-state index in [0.717, 1.165) is 38.1 Å². The molecule has 0 aromatic heterocycles. The van der Waals surface area contributed by atoms with Crippen LogP contribution in [0.1, 0.15) is 30.4 Å². The Morgan fingerprint density at radius 2 is 1.90 bits per heavy atom. The minimum Gasteiger partial charge on any atom is -0.343 e. The number of amides is 1. The molecule has 0 saturated carbocycles. The molecule has 1 aromatic rings. The molecule has 0 unspecified atom stereocenters. The van der Waals surface area contributed by atoms with E-state index in [2.05, 4.69) is 5.32 Å². The fourth-order valence-corrected chi connectivity index (χ4v) is 2.37. The van der Waals surface area contributed by atoms with E-state index in [1.54, 1.807) is 6.07 Å². The number of nitriles is 1.